The minimum Gasteiger partial charge on any atom is -0.396 e. The van der Waals surface area contributed by atoms with Gasteiger partial charge in [-0.15, -0.1) is 11.3 Å². The van der Waals surface area contributed by atoms with Crippen LogP contribution < -0.4 is 0 Å². The molecule has 19 heavy (non-hydrogen) atoms. The molecule has 0 saturated carbocycles. The van der Waals surface area contributed by atoms with Gasteiger partial charge < -0.3 is 14.7 Å². The van der Waals surface area contributed by atoms with Crippen LogP contribution >= 0.6 is 11.3 Å². The fourth-order valence-electron chi connectivity index (χ4n) is 1.97. The summed E-state index contributed by atoms with van der Waals surface area (Å²) in [6.45, 7) is 3.45. The van der Waals surface area contributed by atoms with E-state index in [9.17, 15) is 14.7 Å². The van der Waals surface area contributed by atoms with Crippen LogP contribution in [0.1, 0.15) is 26.3 Å². The zero-order chi connectivity index (χ0) is 13.8. The molecule has 1 atom stereocenters. The Morgan fingerprint density at radius 3 is 2.84 bits per heavy atom. The van der Waals surface area contributed by atoms with E-state index in [0.29, 0.717) is 36.1 Å². The van der Waals surface area contributed by atoms with Crippen LogP contribution in [0.25, 0.3) is 0 Å². The maximum absolute atomic E-state index is 12.3. The van der Waals surface area contributed by atoms with Crippen molar-refractivity contribution in [3.05, 3.63) is 21.9 Å². The van der Waals surface area contributed by atoms with Crippen molar-refractivity contribution in [1.82, 2.24) is 4.90 Å². The maximum atomic E-state index is 12.3. The molecular weight excluding hydrogens is 266 g/mol. The molecule has 2 rings (SSSR count). The van der Waals surface area contributed by atoms with Crippen molar-refractivity contribution in [2.24, 2.45) is 5.92 Å². The average Bonchev–Trinajstić information content (AvgIpc) is 2.77. The standard InChI is InChI=1S/C13H17NO4S/c1-9(16)11-2-3-12(19-11)13(17)14-4-5-18-8-10(6-14)7-15/h2-3,10,15H,4-8H2,1H3/t10-/m0/s1. The van der Waals surface area contributed by atoms with E-state index < -0.39 is 0 Å². The van der Waals surface area contributed by atoms with E-state index >= 15 is 0 Å². The lowest BCUT2D eigenvalue weighted by atomic mass is 10.1. The predicted molar refractivity (Wildman–Crippen MR) is 71.6 cm³/mol. The molecule has 1 aromatic rings. The smallest absolute Gasteiger partial charge is 0.264 e. The van der Waals surface area contributed by atoms with E-state index in [1.54, 1.807) is 17.0 Å². The van der Waals surface area contributed by atoms with Gasteiger partial charge >= 0.3 is 0 Å². The predicted octanol–water partition coefficient (Wildman–Crippen LogP) is 1.03. The van der Waals surface area contributed by atoms with Crippen LogP contribution in [0.15, 0.2) is 12.1 Å². The molecule has 1 aliphatic heterocycles. The summed E-state index contributed by atoms with van der Waals surface area (Å²) in [6, 6.07) is 3.36. The molecule has 2 heterocycles. The molecule has 104 valence electrons. The highest BCUT2D eigenvalue weighted by molar-refractivity contribution is 7.15. The van der Waals surface area contributed by atoms with Crippen molar-refractivity contribution in [3.8, 4) is 0 Å². The van der Waals surface area contributed by atoms with Crippen LogP contribution in [0.2, 0.25) is 0 Å². The summed E-state index contributed by atoms with van der Waals surface area (Å²) in [5, 5.41) is 9.20. The number of aliphatic hydroxyl groups is 1. The lowest BCUT2D eigenvalue weighted by Gasteiger charge is -2.21. The Bertz CT molecular complexity index is 471. The van der Waals surface area contributed by atoms with Gasteiger partial charge in [-0.25, -0.2) is 0 Å². The van der Waals surface area contributed by atoms with E-state index in [2.05, 4.69) is 0 Å². The van der Waals surface area contributed by atoms with Crippen molar-refractivity contribution >= 4 is 23.0 Å². The fraction of sp³-hybridized carbons (Fsp3) is 0.538. The molecule has 1 amide bonds. The number of ketones is 1. The number of rotatable bonds is 3. The number of thiophene rings is 1. The molecule has 5 nitrogen and oxygen atoms in total. The number of nitrogens with zero attached hydrogens (tertiary/aromatic N) is 1. The van der Waals surface area contributed by atoms with Crippen LogP contribution in [-0.2, 0) is 4.74 Å². The van der Waals surface area contributed by atoms with Gasteiger partial charge in [0.1, 0.15) is 0 Å². The molecule has 0 aliphatic carbocycles. The largest absolute Gasteiger partial charge is 0.396 e. The summed E-state index contributed by atoms with van der Waals surface area (Å²) < 4.78 is 5.35. The maximum Gasteiger partial charge on any atom is 0.264 e. The second kappa shape index (κ2) is 6.27. The third kappa shape index (κ3) is 3.40. The second-order valence-corrected chi connectivity index (χ2v) is 5.68. The van der Waals surface area contributed by atoms with E-state index in [0.717, 1.165) is 0 Å². The van der Waals surface area contributed by atoms with Gasteiger partial charge in [0.15, 0.2) is 5.78 Å². The summed E-state index contributed by atoms with van der Waals surface area (Å²) in [5.74, 6) is -0.170. The molecule has 1 aromatic heterocycles. The number of amides is 1. The van der Waals surface area contributed by atoms with Crippen LogP contribution in [0, 0.1) is 5.92 Å². The van der Waals surface area contributed by atoms with Crippen LogP contribution in [0.5, 0.6) is 0 Å². The molecule has 0 aromatic carbocycles. The first-order valence-electron chi connectivity index (χ1n) is 6.20. The first-order valence-corrected chi connectivity index (χ1v) is 7.02. The summed E-state index contributed by atoms with van der Waals surface area (Å²) >= 11 is 1.21. The third-order valence-corrected chi connectivity index (χ3v) is 4.22. The Labute approximate surface area is 115 Å². The lowest BCUT2D eigenvalue weighted by molar-refractivity contribution is 0.0733. The molecule has 1 N–H and O–H groups in total. The van der Waals surface area contributed by atoms with Gasteiger partial charge in [-0.3, -0.25) is 9.59 Å². The Kier molecular flexibility index (Phi) is 4.68. The zero-order valence-electron chi connectivity index (χ0n) is 10.8. The highest BCUT2D eigenvalue weighted by Gasteiger charge is 2.24. The van der Waals surface area contributed by atoms with E-state index in [4.69, 9.17) is 4.74 Å². The number of carbonyl (C=O) groups excluding carboxylic acids is 2. The summed E-state index contributed by atoms with van der Waals surface area (Å²) in [7, 11) is 0. The van der Waals surface area contributed by atoms with Crippen LogP contribution in [0.4, 0.5) is 0 Å². The number of hydrogen-bond donors (Lipinski definition) is 1. The number of aliphatic hydroxyl groups excluding tert-OH is 1. The van der Waals surface area contributed by atoms with E-state index in [-0.39, 0.29) is 24.2 Å². The first kappa shape index (κ1) is 14.2. The van der Waals surface area contributed by atoms with Gasteiger partial charge in [0.05, 0.1) is 23.0 Å². The molecule has 1 fully saturated rings. The number of ether oxygens (including phenoxy) is 1. The van der Waals surface area contributed by atoms with Gasteiger partial charge in [0.25, 0.3) is 5.91 Å². The van der Waals surface area contributed by atoms with Gasteiger partial charge in [0.2, 0.25) is 0 Å². The monoisotopic (exact) mass is 283 g/mol. The number of Topliss-reactive ketones (excluding diaryl/α,β-unsaturated/α-hetero) is 1. The molecule has 1 aliphatic rings. The minimum atomic E-state index is -0.0959. The van der Waals surface area contributed by atoms with Gasteiger partial charge in [-0.1, -0.05) is 0 Å². The molecule has 0 radical (unpaired) electrons. The highest BCUT2D eigenvalue weighted by Crippen LogP contribution is 2.20. The summed E-state index contributed by atoms with van der Waals surface area (Å²) in [5.41, 5.74) is 0. The molecule has 1 saturated heterocycles. The average molecular weight is 283 g/mol. The fourth-order valence-corrected chi connectivity index (χ4v) is 2.84. The van der Waals surface area contributed by atoms with Crippen LogP contribution in [0.3, 0.4) is 0 Å². The first-order chi connectivity index (χ1) is 9.11. The number of carbonyl (C=O) groups is 2. The van der Waals surface area contributed by atoms with Crippen molar-refractivity contribution in [2.75, 3.05) is 32.9 Å². The Morgan fingerprint density at radius 1 is 1.47 bits per heavy atom. The molecular formula is C13H17NO4S. The van der Waals surface area contributed by atoms with Crippen molar-refractivity contribution in [2.45, 2.75) is 6.92 Å². The Morgan fingerprint density at radius 2 is 2.21 bits per heavy atom. The minimum absolute atomic E-state index is 0.00686. The van der Waals surface area contributed by atoms with Gasteiger partial charge in [0, 0.05) is 25.6 Å². The van der Waals surface area contributed by atoms with Crippen molar-refractivity contribution in [1.29, 1.82) is 0 Å². The van der Waals surface area contributed by atoms with E-state index in [1.807, 2.05) is 0 Å². The Hall–Kier alpha value is -1.24. The molecule has 0 bridgehead atoms. The van der Waals surface area contributed by atoms with E-state index in [1.165, 1.54) is 18.3 Å². The van der Waals surface area contributed by atoms with Gasteiger partial charge in [-0.2, -0.15) is 0 Å². The topological polar surface area (TPSA) is 66.8 Å². The van der Waals surface area contributed by atoms with Crippen molar-refractivity contribution in [3.63, 3.8) is 0 Å². The highest BCUT2D eigenvalue weighted by atomic mass is 32.1. The molecule has 0 spiro atoms. The molecule has 0 unspecified atom stereocenters. The zero-order valence-corrected chi connectivity index (χ0v) is 11.6. The normalized spacial score (nSPS) is 20.1. The number of hydrogen-bond acceptors (Lipinski definition) is 5. The molecule has 6 heteroatoms. The SMILES string of the molecule is CC(=O)c1ccc(C(=O)N2CCOC[C@H](CO)C2)s1. The van der Waals surface area contributed by atoms with Gasteiger partial charge in [-0.05, 0) is 19.1 Å². The quantitative estimate of drug-likeness (QED) is 0.841. The third-order valence-electron chi connectivity index (χ3n) is 3.05. The lowest BCUT2D eigenvalue weighted by Crippen LogP contribution is -2.36. The van der Waals surface area contributed by atoms with Crippen molar-refractivity contribution < 1.29 is 19.4 Å². The summed E-state index contributed by atoms with van der Waals surface area (Å²) in [4.78, 5) is 26.4. The van der Waals surface area contributed by atoms with Crippen LogP contribution in [-0.4, -0.2) is 54.6 Å². The Balaban J connectivity index is 2.10. The summed E-state index contributed by atoms with van der Waals surface area (Å²) in [6.07, 6.45) is 0. The second-order valence-electron chi connectivity index (χ2n) is 4.59.